The molecule has 0 saturated heterocycles. The maximum absolute atomic E-state index is 5.99. The van der Waals surface area contributed by atoms with Crippen LogP contribution in [0.5, 0.6) is 5.88 Å². The molecule has 4 rings (SSSR count). The van der Waals surface area contributed by atoms with Gasteiger partial charge in [-0.05, 0) is 59.0 Å². The van der Waals surface area contributed by atoms with Gasteiger partial charge >= 0.3 is 0 Å². The van der Waals surface area contributed by atoms with Gasteiger partial charge in [0.1, 0.15) is 6.61 Å². The van der Waals surface area contributed by atoms with Crippen molar-refractivity contribution in [2.45, 2.75) is 20.0 Å². The zero-order valence-corrected chi connectivity index (χ0v) is 17.4. The van der Waals surface area contributed by atoms with Crippen molar-refractivity contribution in [2.24, 2.45) is 0 Å². The Morgan fingerprint density at radius 2 is 2.04 bits per heavy atom. The summed E-state index contributed by atoms with van der Waals surface area (Å²) in [6.45, 7) is 2.42. The molecule has 1 aromatic carbocycles. The fourth-order valence-electron chi connectivity index (χ4n) is 2.84. The molecule has 0 aliphatic rings. The van der Waals surface area contributed by atoms with Gasteiger partial charge in [-0.15, -0.1) is 0 Å². The van der Waals surface area contributed by atoms with Crippen LogP contribution in [-0.2, 0) is 6.61 Å². The van der Waals surface area contributed by atoms with Crippen molar-refractivity contribution < 1.29 is 4.74 Å². The van der Waals surface area contributed by atoms with Gasteiger partial charge in [-0.2, -0.15) is 5.10 Å². The van der Waals surface area contributed by atoms with Gasteiger partial charge in [0.15, 0.2) is 0 Å². The molecule has 0 bridgehead atoms. The van der Waals surface area contributed by atoms with Crippen molar-refractivity contribution in [1.29, 1.82) is 0 Å². The van der Waals surface area contributed by atoms with E-state index in [0.717, 1.165) is 37.7 Å². The lowest BCUT2D eigenvalue weighted by Crippen LogP contribution is -2.02. The molecule has 0 aliphatic carbocycles. The van der Waals surface area contributed by atoms with Gasteiger partial charge in [-0.25, -0.2) is 9.67 Å². The highest BCUT2D eigenvalue weighted by atomic mass is 127. The smallest absolute Gasteiger partial charge is 0.227 e. The van der Waals surface area contributed by atoms with Gasteiger partial charge < -0.3 is 4.74 Å². The molecule has 0 N–H and O–H groups in total. The topological polar surface area (TPSA) is 52.8 Å². The van der Waals surface area contributed by atoms with E-state index in [0.29, 0.717) is 12.5 Å². The molecule has 0 unspecified atom stereocenters. The minimum Gasteiger partial charge on any atom is -0.472 e. The Morgan fingerprint density at radius 3 is 2.82 bits per heavy atom. The van der Waals surface area contributed by atoms with E-state index in [-0.39, 0.29) is 0 Å². The first-order chi connectivity index (χ1) is 13.8. The number of hydrogen-bond donors (Lipinski definition) is 0. The summed E-state index contributed by atoms with van der Waals surface area (Å²) < 4.78 is 8.84. The third-order valence-electron chi connectivity index (χ3n) is 4.17. The Labute approximate surface area is 176 Å². The third-order valence-corrected chi connectivity index (χ3v) is 4.99. The van der Waals surface area contributed by atoms with Crippen LogP contribution in [0, 0.1) is 15.4 Å². The number of hydrogen-bond acceptors (Lipinski definition) is 4. The predicted octanol–water partition coefficient (Wildman–Crippen LogP) is 4.76. The van der Waals surface area contributed by atoms with Gasteiger partial charge in [0.25, 0.3) is 0 Å². The van der Waals surface area contributed by atoms with E-state index in [1.165, 1.54) is 0 Å². The lowest BCUT2D eigenvalue weighted by atomic mass is 10.1. The first-order valence-corrected chi connectivity index (χ1v) is 9.97. The van der Waals surface area contributed by atoms with Crippen LogP contribution in [-0.4, -0.2) is 19.7 Å². The molecule has 3 heterocycles. The Morgan fingerprint density at radius 1 is 1.14 bits per heavy atom. The standard InChI is InChI=1S/C22H17IN4O/c1-2-3-6-16-11-17-13-26-27(19-7-4-9-24-14-19)21(17)12-18(16)15-28-22-20(23)8-5-10-25-22/h4-5,7-14H,2,15H2,1H3. The largest absolute Gasteiger partial charge is 0.472 e. The summed E-state index contributed by atoms with van der Waals surface area (Å²) in [5, 5.41) is 5.56. The van der Waals surface area contributed by atoms with Crippen LogP contribution in [0.3, 0.4) is 0 Å². The molecule has 0 aliphatic heterocycles. The van der Waals surface area contributed by atoms with Gasteiger partial charge in [0.05, 0.1) is 27.2 Å². The van der Waals surface area contributed by atoms with E-state index >= 15 is 0 Å². The molecule has 0 radical (unpaired) electrons. The Balaban J connectivity index is 1.76. The minimum atomic E-state index is 0.384. The van der Waals surface area contributed by atoms with Gasteiger partial charge in [-0.1, -0.05) is 18.8 Å². The zero-order valence-electron chi connectivity index (χ0n) is 15.3. The molecule has 0 spiro atoms. The molecule has 4 aromatic rings. The molecule has 0 fully saturated rings. The number of fused-ring (bicyclic) bond motifs is 1. The maximum atomic E-state index is 5.99. The number of aromatic nitrogens is 4. The van der Waals surface area contributed by atoms with Crippen LogP contribution < -0.4 is 4.74 Å². The van der Waals surface area contributed by atoms with Crippen molar-refractivity contribution in [3.05, 3.63) is 75.9 Å². The van der Waals surface area contributed by atoms with Crippen LogP contribution in [0.4, 0.5) is 0 Å². The summed E-state index contributed by atoms with van der Waals surface area (Å²) in [7, 11) is 0. The average Bonchev–Trinajstić information content (AvgIpc) is 3.14. The Kier molecular flexibility index (Phi) is 5.53. The fourth-order valence-corrected chi connectivity index (χ4v) is 3.35. The molecule has 0 atom stereocenters. The van der Waals surface area contributed by atoms with Crippen molar-refractivity contribution in [3.63, 3.8) is 0 Å². The van der Waals surface area contributed by atoms with Gasteiger partial charge in [0, 0.05) is 35.3 Å². The summed E-state index contributed by atoms with van der Waals surface area (Å²) in [5.41, 5.74) is 3.85. The number of nitrogens with zero attached hydrogens (tertiary/aromatic N) is 4. The van der Waals surface area contributed by atoms with Crippen molar-refractivity contribution in [3.8, 4) is 23.4 Å². The molecule has 138 valence electrons. The SMILES string of the molecule is CCC#Cc1cc2cnn(-c3cccnc3)c2cc1COc1ncccc1I. The van der Waals surface area contributed by atoms with Gasteiger partial charge in [0.2, 0.25) is 5.88 Å². The Hall–Kier alpha value is -2.92. The Bertz CT molecular complexity index is 1180. The molecular formula is C22H17IN4O. The van der Waals surface area contributed by atoms with E-state index in [2.05, 4.69) is 61.6 Å². The maximum Gasteiger partial charge on any atom is 0.227 e. The zero-order chi connectivity index (χ0) is 19.3. The fraction of sp³-hybridized carbons (Fsp3) is 0.136. The summed E-state index contributed by atoms with van der Waals surface area (Å²) in [4.78, 5) is 8.51. The predicted molar refractivity (Wildman–Crippen MR) is 117 cm³/mol. The van der Waals surface area contributed by atoms with E-state index in [1.807, 2.05) is 42.1 Å². The first-order valence-electron chi connectivity index (χ1n) is 8.89. The molecule has 0 amide bonds. The summed E-state index contributed by atoms with van der Waals surface area (Å²) in [6.07, 6.45) is 7.93. The van der Waals surface area contributed by atoms with Crippen LogP contribution >= 0.6 is 22.6 Å². The van der Waals surface area contributed by atoms with E-state index in [4.69, 9.17) is 4.74 Å². The average molecular weight is 480 g/mol. The lowest BCUT2D eigenvalue weighted by molar-refractivity contribution is 0.291. The van der Waals surface area contributed by atoms with Crippen LogP contribution in [0.25, 0.3) is 16.6 Å². The van der Waals surface area contributed by atoms with Crippen molar-refractivity contribution >= 4 is 33.5 Å². The van der Waals surface area contributed by atoms with Crippen LogP contribution in [0.2, 0.25) is 0 Å². The monoisotopic (exact) mass is 480 g/mol. The highest BCUT2D eigenvalue weighted by Crippen LogP contribution is 2.24. The second-order valence-electron chi connectivity index (χ2n) is 6.07. The molecule has 28 heavy (non-hydrogen) atoms. The lowest BCUT2D eigenvalue weighted by Gasteiger charge is -2.10. The number of ether oxygens (including phenoxy) is 1. The molecule has 0 saturated carbocycles. The van der Waals surface area contributed by atoms with E-state index in [9.17, 15) is 0 Å². The summed E-state index contributed by atoms with van der Waals surface area (Å²) in [5.74, 6) is 7.03. The number of rotatable bonds is 4. The third kappa shape index (κ3) is 3.85. The van der Waals surface area contributed by atoms with Gasteiger partial charge in [-0.3, -0.25) is 4.98 Å². The van der Waals surface area contributed by atoms with Crippen molar-refractivity contribution in [1.82, 2.24) is 19.7 Å². The molecule has 6 heteroatoms. The van der Waals surface area contributed by atoms with Crippen LogP contribution in [0.1, 0.15) is 24.5 Å². The molecular weight excluding hydrogens is 463 g/mol. The van der Waals surface area contributed by atoms with E-state index in [1.54, 1.807) is 18.6 Å². The minimum absolute atomic E-state index is 0.384. The van der Waals surface area contributed by atoms with E-state index < -0.39 is 0 Å². The number of halogens is 1. The summed E-state index contributed by atoms with van der Waals surface area (Å²) in [6, 6.07) is 11.9. The number of pyridine rings is 2. The number of benzene rings is 1. The molecule has 3 aromatic heterocycles. The summed E-state index contributed by atoms with van der Waals surface area (Å²) >= 11 is 2.22. The quantitative estimate of drug-likeness (QED) is 0.312. The first kappa shape index (κ1) is 18.4. The normalized spacial score (nSPS) is 10.5. The highest BCUT2D eigenvalue weighted by Gasteiger charge is 2.11. The van der Waals surface area contributed by atoms with Crippen molar-refractivity contribution in [2.75, 3.05) is 0 Å². The molecule has 5 nitrogen and oxygen atoms in total. The highest BCUT2D eigenvalue weighted by molar-refractivity contribution is 14.1. The second-order valence-corrected chi connectivity index (χ2v) is 7.23. The second kappa shape index (κ2) is 8.40. The van der Waals surface area contributed by atoms with Crippen LogP contribution in [0.15, 0.2) is 61.2 Å².